The molecule has 1 aromatic carbocycles. The highest BCUT2D eigenvalue weighted by atomic mass is 19.4. The number of carbonyl (C=O) groups excluding carboxylic acids is 1. The molecule has 1 fully saturated rings. The number of alkyl halides is 3. The van der Waals surface area contributed by atoms with Crippen LogP contribution in [0.5, 0.6) is 0 Å². The van der Waals surface area contributed by atoms with Crippen LogP contribution in [0.1, 0.15) is 11.1 Å². The Morgan fingerprint density at radius 2 is 1.70 bits per heavy atom. The molecule has 0 spiro atoms. The molecule has 4 rings (SSSR count). The van der Waals surface area contributed by atoms with Gasteiger partial charge in [0.1, 0.15) is 12.4 Å². The van der Waals surface area contributed by atoms with E-state index in [-0.39, 0.29) is 18.0 Å². The maximum Gasteiger partial charge on any atom is 0.417 e. The van der Waals surface area contributed by atoms with Crippen molar-refractivity contribution in [1.82, 2.24) is 19.4 Å². The summed E-state index contributed by atoms with van der Waals surface area (Å²) in [4.78, 5) is 36.8. The average Bonchev–Trinajstić information content (AvgIpc) is 2.80. The number of pyridine rings is 1. The van der Waals surface area contributed by atoms with Gasteiger partial charge in [0.25, 0.3) is 5.56 Å². The van der Waals surface area contributed by atoms with E-state index in [1.807, 2.05) is 36.1 Å². The smallest absolute Gasteiger partial charge is 0.353 e. The number of aromatic nitrogens is 3. The summed E-state index contributed by atoms with van der Waals surface area (Å²) in [5, 5.41) is 0. The van der Waals surface area contributed by atoms with Crippen LogP contribution < -0.4 is 10.5 Å². The van der Waals surface area contributed by atoms with Crippen LogP contribution >= 0.6 is 0 Å². The van der Waals surface area contributed by atoms with Crippen LogP contribution in [0.2, 0.25) is 0 Å². The second-order valence-corrected chi connectivity index (χ2v) is 7.88. The van der Waals surface area contributed by atoms with Crippen LogP contribution in [0.4, 0.5) is 19.0 Å². The zero-order valence-corrected chi connectivity index (χ0v) is 17.9. The highest BCUT2D eigenvalue weighted by Gasteiger charge is 2.31. The summed E-state index contributed by atoms with van der Waals surface area (Å²) in [7, 11) is 0. The van der Waals surface area contributed by atoms with Crippen molar-refractivity contribution in [2.45, 2.75) is 19.6 Å². The first kappa shape index (κ1) is 22.5. The molecule has 3 aromatic rings. The number of carbonyl (C=O) groups is 1. The monoisotopic (exact) mass is 457 g/mol. The number of hydrogen-bond acceptors (Lipinski definition) is 5. The summed E-state index contributed by atoms with van der Waals surface area (Å²) in [5.74, 6) is 0.212. The molecule has 0 aliphatic carbocycles. The lowest BCUT2D eigenvalue weighted by Crippen LogP contribution is -2.50. The third kappa shape index (κ3) is 5.21. The second-order valence-electron chi connectivity index (χ2n) is 7.88. The third-order valence-corrected chi connectivity index (χ3v) is 5.56. The van der Waals surface area contributed by atoms with Gasteiger partial charge in [-0.25, -0.2) is 9.97 Å². The van der Waals surface area contributed by atoms with E-state index in [0.29, 0.717) is 37.7 Å². The minimum Gasteiger partial charge on any atom is -0.353 e. The van der Waals surface area contributed by atoms with Crippen molar-refractivity contribution in [3.8, 4) is 11.3 Å². The van der Waals surface area contributed by atoms with Crippen molar-refractivity contribution in [2.75, 3.05) is 31.1 Å². The van der Waals surface area contributed by atoms with Crippen molar-refractivity contribution in [1.29, 1.82) is 0 Å². The molecule has 0 unspecified atom stereocenters. The molecular formula is C23H22F3N5O2. The molecule has 7 nitrogen and oxygen atoms in total. The van der Waals surface area contributed by atoms with E-state index in [2.05, 4.69) is 9.97 Å². The Kier molecular flexibility index (Phi) is 6.17. The Hall–Kier alpha value is -3.69. The number of rotatable bonds is 4. The van der Waals surface area contributed by atoms with E-state index >= 15 is 0 Å². The fourth-order valence-corrected chi connectivity index (χ4v) is 3.60. The molecule has 0 radical (unpaired) electrons. The van der Waals surface area contributed by atoms with E-state index in [9.17, 15) is 22.8 Å². The first-order chi connectivity index (χ1) is 15.7. The minimum atomic E-state index is -4.43. The van der Waals surface area contributed by atoms with Crippen LogP contribution in [-0.4, -0.2) is 51.5 Å². The van der Waals surface area contributed by atoms with Crippen molar-refractivity contribution in [3.63, 3.8) is 0 Å². The minimum absolute atomic E-state index is 0.126. The quantitative estimate of drug-likeness (QED) is 0.603. The van der Waals surface area contributed by atoms with Gasteiger partial charge in [0.2, 0.25) is 5.91 Å². The molecule has 10 heteroatoms. The highest BCUT2D eigenvalue weighted by Crippen LogP contribution is 2.29. The van der Waals surface area contributed by atoms with E-state index in [0.717, 1.165) is 23.4 Å². The summed E-state index contributed by atoms with van der Waals surface area (Å²) in [6.07, 6.45) is -2.24. The van der Waals surface area contributed by atoms with Gasteiger partial charge in [0.15, 0.2) is 0 Å². The van der Waals surface area contributed by atoms with E-state index in [4.69, 9.17) is 0 Å². The summed E-state index contributed by atoms with van der Waals surface area (Å²) < 4.78 is 39.4. The molecule has 3 heterocycles. The van der Waals surface area contributed by atoms with E-state index in [1.165, 1.54) is 23.0 Å². The number of hydrogen-bond donors (Lipinski definition) is 0. The molecule has 0 N–H and O–H groups in total. The molecule has 0 saturated carbocycles. The maximum absolute atomic E-state index is 12.7. The lowest BCUT2D eigenvalue weighted by Gasteiger charge is -2.35. The third-order valence-electron chi connectivity index (χ3n) is 5.56. The zero-order valence-electron chi connectivity index (χ0n) is 17.9. The maximum atomic E-state index is 12.7. The predicted molar refractivity (Wildman–Crippen MR) is 117 cm³/mol. The average molecular weight is 457 g/mol. The second kappa shape index (κ2) is 9.05. The van der Waals surface area contributed by atoms with Gasteiger partial charge in [-0.2, -0.15) is 13.2 Å². The zero-order chi connectivity index (χ0) is 23.6. The predicted octanol–water partition coefficient (Wildman–Crippen LogP) is 2.98. The topological polar surface area (TPSA) is 71.3 Å². The van der Waals surface area contributed by atoms with Crippen LogP contribution in [0, 0.1) is 6.92 Å². The first-order valence-corrected chi connectivity index (χ1v) is 10.4. The van der Waals surface area contributed by atoms with Crippen LogP contribution in [0.3, 0.4) is 0 Å². The number of nitrogens with zero attached hydrogens (tertiary/aromatic N) is 5. The molecule has 1 aliphatic heterocycles. The molecule has 2 aromatic heterocycles. The van der Waals surface area contributed by atoms with Gasteiger partial charge in [-0.05, 0) is 19.1 Å². The molecule has 1 amide bonds. The molecule has 33 heavy (non-hydrogen) atoms. The lowest BCUT2D eigenvalue weighted by atomic mass is 10.1. The Morgan fingerprint density at radius 3 is 2.27 bits per heavy atom. The number of anilines is 1. The summed E-state index contributed by atoms with van der Waals surface area (Å²) in [6, 6.07) is 11.4. The van der Waals surface area contributed by atoms with Gasteiger partial charge in [-0.1, -0.05) is 29.8 Å². The standard InChI is InChI=1S/C23H22F3N5O2/c1-16-2-4-17(5-3-16)19-12-21(32)31(15-28-19)14-22(33)30-10-8-29(9-11-30)20-7-6-18(13-27-20)23(24,25)26/h2-7,12-13,15H,8-11,14H2,1H3. The van der Waals surface area contributed by atoms with Crippen LogP contribution in [-0.2, 0) is 17.5 Å². The fraction of sp³-hybridized carbons (Fsp3) is 0.304. The van der Waals surface area contributed by atoms with Crippen molar-refractivity contribution in [2.24, 2.45) is 0 Å². The molecule has 0 bridgehead atoms. The highest BCUT2D eigenvalue weighted by molar-refractivity contribution is 5.76. The molecular weight excluding hydrogens is 435 g/mol. The summed E-state index contributed by atoms with van der Waals surface area (Å²) >= 11 is 0. The SMILES string of the molecule is Cc1ccc(-c2cc(=O)n(CC(=O)N3CCN(c4ccc(C(F)(F)F)cn4)CC3)cn2)cc1. The van der Waals surface area contributed by atoms with Gasteiger partial charge < -0.3 is 9.80 Å². The molecule has 1 aliphatic rings. The lowest BCUT2D eigenvalue weighted by molar-refractivity contribution is -0.138. The Balaban J connectivity index is 1.35. The molecule has 1 saturated heterocycles. The van der Waals surface area contributed by atoms with Gasteiger partial charge in [-0.15, -0.1) is 0 Å². The van der Waals surface area contributed by atoms with Gasteiger partial charge in [-0.3, -0.25) is 14.2 Å². The van der Waals surface area contributed by atoms with Crippen molar-refractivity contribution >= 4 is 11.7 Å². The van der Waals surface area contributed by atoms with Gasteiger partial charge in [0.05, 0.1) is 17.6 Å². The number of amides is 1. The largest absolute Gasteiger partial charge is 0.417 e. The summed E-state index contributed by atoms with van der Waals surface area (Å²) in [6.45, 7) is 3.47. The number of aryl methyl sites for hydroxylation is 1. The van der Waals surface area contributed by atoms with Gasteiger partial charge >= 0.3 is 6.18 Å². The summed E-state index contributed by atoms with van der Waals surface area (Å²) in [5.41, 5.74) is 1.35. The number of benzene rings is 1. The Bertz CT molecular complexity index is 1180. The number of halogens is 3. The first-order valence-electron chi connectivity index (χ1n) is 10.4. The normalized spacial score (nSPS) is 14.4. The van der Waals surface area contributed by atoms with Crippen LogP contribution in [0.25, 0.3) is 11.3 Å². The number of piperazine rings is 1. The van der Waals surface area contributed by atoms with E-state index in [1.54, 1.807) is 4.90 Å². The van der Waals surface area contributed by atoms with Crippen molar-refractivity contribution < 1.29 is 18.0 Å². The van der Waals surface area contributed by atoms with Crippen molar-refractivity contribution in [3.05, 3.63) is 76.5 Å². The molecule has 172 valence electrons. The van der Waals surface area contributed by atoms with E-state index < -0.39 is 11.7 Å². The Labute approximate surface area is 188 Å². The van der Waals surface area contributed by atoms with Crippen LogP contribution in [0.15, 0.2) is 59.8 Å². The molecule has 0 atom stereocenters. The van der Waals surface area contributed by atoms with Gasteiger partial charge in [0, 0.05) is 44.0 Å². The Morgan fingerprint density at radius 1 is 1.00 bits per heavy atom. The fourth-order valence-electron chi connectivity index (χ4n) is 3.60.